The van der Waals surface area contributed by atoms with E-state index in [9.17, 15) is 4.79 Å². The molecular formula is C13H16ClN3OS. The van der Waals surface area contributed by atoms with E-state index < -0.39 is 0 Å². The molecule has 6 heteroatoms. The molecule has 2 amide bonds. The van der Waals surface area contributed by atoms with Crippen molar-refractivity contribution in [3.63, 3.8) is 0 Å². The summed E-state index contributed by atoms with van der Waals surface area (Å²) in [6.07, 6.45) is 3.28. The number of nitrogens with one attached hydrogen (secondary N) is 1. The van der Waals surface area contributed by atoms with Gasteiger partial charge < -0.3 is 16.0 Å². The lowest BCUT2D eigenvalue weighted by atomic mass is 10.1. The van der Waals surface area contributed by atoms with E-state index in [1.807, 2.05) is 0 Å². The minimum absolute atomic E-state index is 0.123. The third kappa shape index (κ3) is 3.58. The summed E-state index contributed by atoms with van der Waals surface area (Å²) in [6.45, 7) is 1.58. The van der Waals surface area contributed by atoms with Gasteiger partial charge in [0.2, 0.25) is 0 Å². The van der Waals surface area contributed by atoms with Crippen molar-refractivity contribution >= 4 is 40.5 Å². The van der Waals surface area contributed by atoms with Gasteiger partial charge in [0.05, 0.1) is 10.7 Å². The number of halogens is 1. The van der Waals surface area contributed by atoms with Gasteiger partial charge in [-0.05, 0) is 31.4 Å². The smallest absolute Gasteiger partial charge is 0.321 e. The van der Waals surface area contributed by atoms with Crippen LogP contribution in [0.4, 0.5) is 10.5 Å². The van der Waals surface area contributed by atoms with E-state index in [2.05, 4.69) is 5.32 Å². The highest BCUT2D eigenvalue weighted by molar-refractivity contribution is 7.80. The number of amides is 2. The van der Waals surface area contributed by atoms with Crippen LogP contribution in [-0.2, 0) is 0 Å². The first-order valence-electron chi connectivity index (χ1n) is 6.23. The van der Waals surface area contributed by atoms with E-state index in [1.165, 1.54) is 6.42 Å². The molecule has 4 nitrogen and oxygen atoms in total. The number of rotatable bonds is 2. The Morgan fingerprint density at radius 1 is 1.32 bits per heavy atom. The van der Waals surface area contributed by atoms with Crippen LogP contribution in [0, 0.1) is 0 Å². The standard InChI is InChI=1S/C13H16ClN3OS/c14-10-5-4-9(12(15)19)8-11(10)16-13(18)17-6-2-1-3-7-17/h4-5,8H,1-3,6-7H2,(H2,15,19)(H,16,18). The number of urea groups is 1. The average molecular weight is 298 g/mol. The van der Waals surface area contributed by atoms with Gasteiger partial charge in [-0.15, -0.1) is 0 Å². The quantitative estimate of drug-likeness (QED) is 0.825. The van der Waals surface area contributed by atoms with Gasteiger partial charge in [-0.25, -0.2) is 4.79 Å². The number of likely N-dealkylation sites (tertiary alicyclic amines) is 1. The fraction of sp³-hybridized carbons (Fsp3) is 0.385. The molecule has 1 aliphatic rings. The first-order valence-corrected chi connectivity index (χ1v) is 7.02. The van der Waals surface area contributed by atoms with Crippen LogP contribution in [0.25, 0.3) is 0 Å². The van der Waals surface area contributed by atoms with Gasteiger partial charge in [0.25, 0.3) is 0 Å². The zero-order chi connectivity index (χ0) is 13.8. The number of nitrogens with two attached hydrogens (primary N) is 1. The zero-order valence-corrected chi connectivity index (χ0v) is 12.1. The lowest BCUT2D eigenvalue weighted by Gasteiger charge is -2.27. The second-order valence-corrected chi connectivity index (χ2v) is 5.38. The summed E-state index contributed by atoms with van der Waals surface area (Å²) in [4.78, 5) is 14.2. The van der Waals surface area contributed by atoms with Crippen LogP contribution >= 0.6 is 23.8 Å². The minimum atomic E-state index is -0.123. The Bertz CT molecular complexity index is 501. The molecule has 0 unspecified atom stereocenters. The number of hydrogen-bond donors (Lipinski definition) is 2. The lowest BCUT2D eigenvalue weighted by molar-refractivity contribution is 0.200. The van der Waals surface area contributed by atoms with Crippen molar-refractivity contribution in [3.05, 3.63) is 28.8 Å². The van der Waals surface area contributed by atoms with E-state index in [4.69, 9.17) is 29.6 Å². The number of anilines is 1. The highest BCUT2D eigenvalue weighted by atomic mass is 35.5. The van der Waals surface area contributed by atoms with Crippen molar-refractivity contribution in [1.29, 1.82) is 0 Å². The molecule has 0 saturated carbocycles. The highest BCUT2D eigenvalue weighted by Gasteiger charge is 2.17. The topological polar surface area (TPSA) is 58.4 Å². The number of nitrogens with zero attached hydrogens (tertiary/aromatic N) is 1. The second kappa shape index (κ2) is 6.21. The van der Waals surface area contributed by atoms with E-state index in [1.54, 1.807) is 23.1 Å². The molecule has 0 aromatic heterocycles. The van der Waals surface area contributed by atoms with Crippen molar-refractivity contribution in [2.45, 2.75) is 19.3 Å². The van der Waals surface area contributed by atoms with Crippen LogP contribution in [0.3, 0.4) is 0 Å². The Kier molecular flexibility index (Phi) is 4.61. The monoisotopic (exact) mass is 297 g/mol. The van der Waals surface area contributed by atoms with Gasteiger partial charge in [0.15, 0.2) is 0 Å². The predicted molar refractivity (Wildman–Crippen MR) is 81.8 cm³/mol. The molecule has 0 bridgehead atoms. The van der Waals surface area contributed by atoms with Gasteiger partial charge in [-0.2, -0.15) is 0 Å². The van der Waals surface area contributed by atoms with Crippen molar-refractivity contribution in [1.82, 2.24) is 4.90 Å². The summed E-state index contributed by atoms with van der Waals surface area (Å²) in [5.41, 5.74) is 6.80. The summed E-state index contributed by atoms with van der Waals surface area (Å²) < 4.78 is 0. The molecule has 1 aliphatic heterocycles. The van der Waals surface area contributed by atoms with Crippen LogP contribution in [-0.4, -0.2) is 29.0 Å². The zero-order valence-electron chi connectivity index (χ0n) is 10.5. The van der Waals surface area contributed by atoms with Crippen LogP contribution in [0.1, 0.15) is 24.8 Å². The molecule has 1 heterocycles. The number of piperidine rings is 1. The van der Waals surface area contributed by atoms with Crippen LogP contribution in [0.15, 0.2) is 18.2 Å². The Hall–Kier alpha value is -1.33. The summed E-state index contributed by atoms with van der Waals surface area (Å²) in [5, 5.41) is 3.29. The van der Waals surface area contributed by atoms with Crippen LogP contribution in [0.2, 0.25) is 5.02 Å². The van der Waals surface area contributed by atoms with Crippen molar-refractivity contribution < 1.29 is 4.79 Å². The molecular weight excluding hydrogens is 282 g/mol. The Morgan fingerprint density at radius 2 is 2.00 bits per heavy atom. The first-order chi connectivity index (χ1) is 9.08. The maximum Gasteiger partial charge on any atom is 0.321 e. The van der Waals surface area contributed by atoms with Gasteiger partial charge >= 0.3 is 6.03 Å². The fourth-order valence-electron chi connectivity index (χ4n) is 2.07. The molecule has 0 aliphatic carbocycles. The molecule has 0 atom stereocenters. The normalized spacial score (nSPS) is 15.1. The Labute approximate surface area is 122 Å². The number of hydrogen-bond acceptors (Lipinski definition) is 2. The SMILES string of the molecule is NC(=S)c1ccc(Cl)c(NC(=O)N2CCCCC2)c1. The Morgan fingerprint density at radius 3 is 2.63 bits per heavy atom. The predicted octanol–water partition coefficient (Wildman–Crippen LogP) is 2.99. The van der Waals surface area contributed by atoms with Gasteiger partial charge in [-0.1, -0.05) is 29.9 Å². The lowest BCUT2D eigenvalue weighted by Crippen LogP contribution is -2.38. The van der Waals surface area contributed by atoms with Gasteiger partial charge in [-0.3, -0.25) is 0 Å². The summed E-state index contributed by atoms with van der Waals surface area (Å²) in [6, 6.07) is 5.00. The molecule has 0 radical (unpaired) electrons. The number of thiocarbonyl (C=S) groups is 1. The number of carbonyl (C=O) groups is 1. The largest absolute Gasteiger partial charge is 0.389 e. The molecule has 19 heavy (non-hydrogen) atoms. The maximum absolute atomic E-state index is 12.1. The van der Waals surface area contributed by atoms with Crippen LogP contribution < -0.4 is 11.1 Å². The summed E-state index contributed by atoms with van der Waals surface area (Å²) in [5.74, 6) is 0. The van der Waals surface area contributed by atoms with E-state index >= 15 is 0 Å². The first kappa shape index (κ1) is 14.1. The van der Waals surface area contributed by atoms with E-state index in [0.717, 1.165) is 25.9 Å². The number of carbonyl (C=O) groups excluding carboxylic acids is 1. The van der Waals surface area contributed by atoms with Crippen molar-refractivity contribution in [2.75, 3.05) is 18.4 Å². The maximum atomic E-state index is 12.1. The molecule has 1 saturated heterocycles. The molecule has 1 aromatic rings. The van der Waals surface area contributed by atoms with Crippen molar-refractivity contribution in [2.24, 2.45) is 5.73 Å². The number of benzene rings is 1. The third-order valence-electron chi connectivity index (χ3n) is 3.14. The van der Waals surface area contributed by atoms with Gasteiger partial charge in [0.1, 0.15) is 4.99 Å². The van der Waals surface area contributed by atoms with E-state index in [-0.39, 0.29) is 11.0 Å². The van der Waals surface area contributed by atoms with Gasteiger partial charge in [0, 0.05) is 18.7 Å². The molecule has 1 fully saturated rings. The van der Waals surface area contributed by atoms with Crippen LogP contribution in [0.5, 0.6) is 0 Å². The van der Waals surface area contributed by atoms with Crippen molar-refractivity contribution in [3.8, 4) is 0 Å². The second-order valence-electron chi connectivity index (χ2n) is 4.54. The molecule has 1 aromatic carbocycles. The fourth-order valence-corrected chi connectivity index (χ4v) is 2.36. The van der Waals surface area contributed by atoms with E-state index in [0.29, 0.717) is 16.3 Å². The third-order valence-corrected chi connectivity index (χ3v) is 3.70. The molecule has 3 N–H and O–H groups in total. The molecule has 2 rings (SSSR count). The average Bonchev–Trinajstić information content (AvgIpc) is 2.42. The summed E-state index contributed by atoms with van der Waals surface area (Å²) >= 11 is 11.0. The highest BCUT2D eigenvalue weighted by Crippen LogP contribution is 2.24. The Balaban J connectivity index is 2.11. The minimum Gasteiger partial charge on any atom is -0.389 e. The molecule has 0 spiro atoms. The summed E-state index contributed by atoms with van der Waals surface area (Å²) in [7, 11) is 0. The molecule has 102 valence electrons.